The number of carbonyl (C=O) groups is 2. The Morgan fingerprint density at radius 1 is 1.03 bits per heavy atom. The van der Waals surface area contributed by atoms with Gasteiger partial charge in [-0.05, 0) is 57.0 Å². The van der Waals surface area contributed by atoms with Crippen LogP contribution in [0.25, 0.3) is 0 Å². The van der Waals surface area contributed by atoms with E-state index in [0.29, 0.717) is 30.4 Å². The van der Waals surface area contributed by atoms with E-state index >= 15 is 0 Å². The third-order valence-electron chi connectivity index (χ3n) is 5.83. The first-order chi connectivity index (χ1) is 17.5. The third-order valence-corrected chi connectivity index (χ3v) is 7.55. The summed E-state index contributed by atoms with van der Waals surface area (Å²) < 4.78 is 38.5. The zero-order chi connectivity index (χ0) is 27.2. The van der Waals surface area contributed by atoms with Crippen molar-refractivity contribution >= 4 is 43.5 Å². The number of nitrogens with zero attached hydrogens (tertiary/aromatic N) is 2. The largest absolute Gasteiger partial charge is 0.486 e. The van der Waals surface area contributed by atoms with Gasteiger partial charge in [-0.15, -0.1) is 0 Å². The van der Waals surface area contributed by atoms with Crippen LogP contribution in [0.2, 0.25) is 0 Å². The van der Waals surface area contributed by atoms with Crippen molar-refractivity contribution in [3.05, 3.63) is 52.5 Å². The van der Waals surface area contributed by atoms with Crippen LogP contribution in [0.15, 0.2) is 46.9 Å². The average Bonchev–Trinajstić information content (AvgIpc) is 2.84. The fourth-order valence-corrected chi connectivity index (χ4v) is 5.19. The van der Waals surface area contributed by atoms with Crippen LogP contribution < -0.4 is 19.1 Å². The van der Waals surface area contributed by atoms with Gasteiger partial charge in [0, 0.05) is 36.1 Å². The molecule has 0 aliphatic carbocycles. The van der Waals surface area contributed by atoms with Gasteiger partial charge in [-0.1, -0.05) is 28.1 Å². The summed E-state index contributed by atoms with van der Waals surface area (Å²) in [7, 11) is -3.62. The fraction of sp³-hybridized carbons (Fsp3) is 0.462. The lowest BCUT2D eigenvalue weighted by molar-refractivity contribution is -0.140. The van der Waals surface area contributed by atoms with E-state index in [9.17, 15) is 18.0 Å². The number of sulfonamides is 1. The average molecular weight is 597 g/mol. The number of rotatable bonds is 11. The molecule has 2 aromatic carbocycles. The SMILES string of the molecule is CC(C)NC(=O)[C@@H](C)N(Cc1ccc(Br)cc1)C(=O)CCCN(c1ccc2c(c1)OCCO2)S(C)(=O)=O. The number of anilines is 1. The van der Waals surface area contributed by atoms with Crippen LogP contribution in [-0.2, 0) is 26.2 Å². The highest BCUT2D eigenvalue weighted by Gasteiger charge is 2.27. The topological polar surface area (TPSA) is 105 Å². The third kappa shape index (κ3) is 8.10. The van der Waals surface area contributed by atoms with E-state index < -0.39 is 16.1 Å². The second-order valence-electron chi connectivity index (χ2n) is 9.25. The highest BCUT2D eigenvalue weighted by atomic mass is 79.9. The minimum Gasteiger partial charge on any atom is -0.486 e. The predicted molar refractivity (Wildman–Crippen MR) is 146 cm³/mol. The second-order valence-corrected chi connectivity index (χ2v) is 12.1. The van der Waals surface area contributed by atoms with Crippen molar-refractivity contribution < 1.29 is 27.5 Å². The van der Waals surface area contributed by atoms with Crippen LogP contribution in [0, 0.1) is 0 Å². The Morgan fingerprint density at radius 2 is 1.68 bits per heavy atom. The van der Waals surface area contributed by atoms with E-state index in [1.807, 2.05) is 38.1 Å². The smallest absolute Gasteiger partial charge is 0.242 e. The number of hydrogen-bond donors (Lipinski definition) is 1. The molecule has 0 aromatic heterocycles. The molecule has 3 rings (SSSR count). The number of ether oxygens (including phenoxy) is 2. The second kappa shape index (κ2) is 12.6. The molecule has 1 heterocycles. The molecule has 0 bridgehead atoms. The van der Waals surface area contributed by atoms with Crippen molar-refractivity contribution in [2.75, 3.05) is 30.3 Å². The van der Waals surface area contributed by atoms with Gasteiger partial charge < -0.3 is 19.7 Å². The Hall–Kier alpha value is -2.79. The highest BCUT2D eigenvalue weighted by Crippen LogP contribution is 2.34. The van der Waals surface area contributed by atoms with Gasteiger partial charge in [-0.3, -0.25) is 13.9 Å². The van der Waals surface area contributed by atoms with Crippen LogP contribution >= 0.6 is 15.9 Å². The van der Waals surface area contributed by atoms with E-state index in [1.54, 1.807) is 25.1 Å². The molecular weight excluding hydrogens is 562 g/mol. The minimum absolute atomic E-state index is 0.0612. The molecule has 0 saturated carbocycles. The quantitative estimate of drug-likeness (QED) is 0.424. The van der Waals surface area contributed by atoms with Gasteiger partial charge in [0.05, 0.1) is 11.9 Å². The van der Waals surface area contributed by atoms with Crippen molar-refractivity contribution in [1.82, 2.24) is 10.2 Å². The lowest BCUT2D eigenvalue weighted by atomic mass is 10.1. The molecule has 0 fully saturated rings. The van der Waals surface area contributed by atoms with Gasteiger partial charge in [0.25, 0.3) is 0 Å². The van der Waals surface area contributed by atoms with Crippen molar-refractivity contribution in [2.24, 2.45) is 0 Å². The Kier molecular flexibility index (Phi) is 9.83. The molecule has 1 N–H and O–H groups in total. The number of hydrogen-bond acceptors (Lipinski definition) is 6. The summed E-state index contributed by atoms with van der Waals surface area (Å²) in [5.74, 6) is 0.578. The first kappa shape index (κ1) is 28.8. The Bertz CT molecular complexity index is 1200. The number of carbonyl (C=O) groups excluding carboxylic acids is 2. The maximum absolute atomic E-state index is 13.3. The predicted octanol–water partition coefficient (Wildman–Crippen LogP) is 3.71. The first-order valence-corrected chi connectivity index (χ1v) is 14.8. The monoisotopic (exact) mass is 595 g/mol. The summed E-state index contributed by atoms with van der Waals surface area (Å²) in [4.78, 5) is 27.6. The van der Waals surface area contributed by atoms with Gasteiger partial charge in [-0.25, -0.2) is 8.42 Å². The van der Waals surface area contributed by atoms with E-state index in [1.165, 1.54) is 9.21 Å². The van der Waals surface area contributed by atoms with Crippen molar-refractivity contribution in [1.29, 1.82) is 0 Å². The number of amides is 2. The molecule has 202 valence electrons. The summed E-state index contributed by atoms with van der Waals surface area (Å²) in [5.41, 5.74) is 1.32. The molecule has 2 aromatic rings. The number of fused-ring (bicyclic) bond motifs is 1. The summed E-state index contributed by atoms with van der Waals surface area (Å²) in [5, 5.41) is 2.86. The standard InChI is InChI=1S/C26H34BrN3O6S/c1-18(2)28-26(32)19(3)29(17-20-7-9-21(27)10-8-20)25(31)6-5-13-30(37(4,33)34)22-11-12-23-24(16-22)36-15-14-35-23/h7-12,16,18-19H,5-6,13-15,17H2,1-4H3,(H,28,32)/t19-/m1/s1. The first-order valence-electron chi connectivity index (χ1n) is 12.2. The van der Waals surface area contributed by atoms with Gasteiger partial charge in [0.15, 0.2) is 11.5 Å². The highest BCUT2D eigenvalue weighted by molar-refractivity contribution is 9.10. The Morgan fingerprint density at radius 3 is 2.30 bits per heavy atom. The van der Waals surface area contributed by atoms with Crippen LogP contribution in [0.4, 0.5) is 5.69 Å². The molecule has 9 nitrogen and oxygen atoms in total. The van der Waals surface area contributed by atoms with Crippen molar-refractivity contribution in [2.45, 2.75) is 52.2 Å². The molecule has 11 heteroatoms. The van der Waals surface area contributed by atoms with Gasteiger partial charge in [0.1, 0.15) is 19.3 Å². The van der Waals surface area contributed by atoms with Crippen LogP contribution in [0.5, 0.6) is 11.5 Å². The lowest BCUT2D eigenvalue weighted by Crippen LogP contribution is -2.49. The Balaban J connectivity index is 1.73. The van der Waals surface area contributed by atoms with Gasteiger partial charge in [-0.2, -0.15) is 0 Å². The van der Waals surface area contributed by atoms with Crippen molar-refractivity contribution in [3.63, 3.8) is 0 Å². The molecule has 0 saturated heterocycles. The lowest BCUT2D eigenvalue weighted by Gasteiger charge is -2.30. The van der Waals surface area contributed by atoms with Crippen LogP contribution in [-0.4, -0.2) is 63.2 Å². The molecule has 1 atom stereocenters. The molecule has 1 aliphatic heterocycles. The van der Waals surface area contributed by atoms with E-state index in [2.05, 4.69) is 21.2 Å². The number of nitrogens with one attached hydrogen (secondary N) is 1. The summed E-state index contributed by atoms with van der Waals surface area (Å²) in [6.07, 6.45) is 1.48. The molecule has 0 spiro atoms. The van der Waals surface area contributed by atoms with E-state index in [-0.39, 0.29) is 43.8 Å². The molecule has 37 heavy (non-hydrogen) atoms. The fourth-order valence-electron chi connectivity index (χ4n) is 3.97. The zero-order valence-corrected chi connectivity index (χ0v) is 24.0. The Labute approximate surface area is 227 Å². The number of benzene rings is 2. The van der Waals surface area contributed by atoms with Crippen LogP contribution in [0.3, 0.4) is 0 Å². The van der Waals surface area contributed by atoms with E-state index in [4.69, 9.17) is 9.47 Å². The molecule has 0 unspecified atom stereocenters. The number of halogens is 1. The molecule has 0 radical (unpaired) electrons. The summed E-state index contributed by atoms with van der Waals surface area (Å²) >= 11 is 3.41. The normalized spacial score (nSPS) is 13.7. The summed E-state index contributed by atoms with van der Waals surface area (Å²) in [6, 6.07) is 11.8. The molecule has 2 amide bonds. The van der Waals surface area contributed by atoms with E-state index in [0.717, 1.165) is 16.3 Å². The molecule has 1 aliphatic rings. The van der Waals surface area contributed by atoms with Gasteiger partial charge in [0.2, 0.25) is 21.8 Å². The van der Waals surface area contributed by atoms with Crippen molar-refractivity contribution in [3.8, 4) is 11.5 Å². The van der Waals surface area contributed by atoms with Gasteiger partial charge >= 0.3 is 0 Å². The molecular formula is C26H34BrN3O6S. The summed E-state index contributed by atoms with van der Waals surface area (Å²) in [6.45, 7) is 6.62. The van der Waals surface area contributed by atoms with Crippen LogP contribution in [0.1, 0.15) is 39.2 Å². The maximum atomic E-state index is 13.3. The zero-order valence-electron chi connectivity index (χ0n) is 21.6. The minimum atomic E-state index is -3.62. The maximum Gasteiger partial charge on any atom is 0.242 e.